The average Bonchev–Trinajstić information content (AvgIpc) is 3.00. The first kappa shape index (κ1) is 16.0. The van der Waals surface area contributed by atoms with Gasteiger partial charge in [-0.25, -0.2) is 17.7 Å². The van der Waals surface area contributed by atoms with Gasteiger partial charge in [0.2, 0.25) is 10.0 Å². The minimum Gasteiger partial charge on any atom is -0.351 e. The Kier molecular flexibility index (Phi) is 4.83. The molecule has 0 bridgehead atoms. The van der Waals surface area contributed by atoms with Gasteiger partial charge < -0.3 is 5.32 Å². The fourth-order valence-corrected chi connectivity index (χ4v) is 2.01. The van der Waals surface area contributed by atoms with Crippen LogP contribution in [0.2, 0.25) is 0 Å². The second kappa shape index (κ2) is 6.62. The summed E-state index contributed by atoms with van der Waals surface area (Å²) in [7, 11) is -1.79. The molecule has 2 aromatic heterocycles. The summed E-state index contributed by atoms with van der Waals surface area (Å²) in [6.07, 6.45) is 5.56. The Morgan fingerprint density at radius 1 is 1.32 bits per heavy atom. The lowest BCUT2D eigenvalue weighted by molar-refractivity contribution is 0.0952. The highest BCUT2D eigenvalue weighted by atomic mass is 32.2. The molecule has 10 heteroatoms. The highest BCUT2D eigenvalue weighted by Crippen LogP contribution is 2.04. The van der Waals surface area contributed by atoms with Crippen molar-refractivity contribution in [2.24, 2.45) is 0 Å². The highest BCUT2D eigenvalue weighted by molar-refractivity contribution is 7.88. The Morgan fingerprint density at radius 2 is 2.00 bits per heavy atom. The van der Waals surface area contributed by atoms with Crippen LogP contribution in [0.5, 0.6) is 0 Å². The molecule has 0 unspecified atom stereocenters. The lowest BCUT2D eigenvalue weighted by atomic mass is 10.2. The molecule has 0 radical (unpaired) electrons. The van der Waals surface area contributed by atoms with E-state index in [-0.39, 0.29) is 19.0 Å². The first-order valence-corrected chi connectivity index (χ1v) is 8.23. The number of nitrogens with one attached hydrogen (secondary N) is 1. The summed E-state index contributed by atoms with van der Waals surface area (Å²) >= 11 is 0. The van der Waals surface area contributed by atoms with E-state index in [2.05, 4.69) is 20.5 Å². The SMILES string of the molecule is CN(CCNC(=O)c1ccc(-n2cnnc2)nc1)S(C)(=O)=O. The van der Waals surface area contributed by atoms with E-state index in [4.69, 9.17) is 0 Å². The zero-order chi connectivity index (χ0) is 16.2. The number of carbonyl (C=O) groups is 1. The molecule has 0 saturated heterocycles. The first-order chi connectivity index (χ1) is 10.4. The van der Waals surface area contributed by atoms with Crippen molar-refractivity contribution >= 4 is 15.9 Å². The van der Waals surface area contributed by atoms with Crippen LogP contribution in [-0.2, 0) is 10.0 Å². The van der Waals surface area contributed by atoms with Gasteiger partial charge in [-0.1, -0.05) is 0 Å². The van der Waals surface area contributed by atoms with E-state index in [9.17, 15) is 13.2 Å². The first-order valence-electron chi connectivity index (χ1n) is 6.38. The monoisotopic (exact) mass is 324 g/mol. The van der Waals surface area contributed by atoms with E-state index >= 15 is 0 Å². The van der Waals surface area contributed by atoms with Gasteiger partial charge in [-0.2, -0.15) is 0 Å². The molecule has 0 aliphatic carbocycles. The van der Waals surface area contributed by atoms with Crippen LogP contribution in [0.15, 0.2) is 31.0 Å². The summed E-state index contributed by atoms with van der Waals surface area (Å²) in [5.74, 6) is 0.281. The molecule has 1 amide bonds. The van der Waals surface area contributed by atoms with E-state index < -0.39 is 10.0 Å². The Labute approximate surface area is 128 Å². The summed E-state index contributed by atoms with van der Waals surface area (Å²) in [6, 6.07) is 3.29. The van der Waals surface area contributed by atoms with Gasteiger partial charge in [0, 0.05) is 26.3 Å². The third kappa shape index (κ3) is 4.09. The van der Waals surface area contributed by atoms with Crippen molar-refractivity contribution in [2.75, 3.05) is 26.4 Å². The molecular formula is C12H16N6O3S. The predicted molar refractivity (Wildman–Crippen MR) is 79.0 cm³/mol. The molecule has 2 heterocycles. The van der Waals surface area contributed by atoms with Crippen LogP contribution in [-0.4, -0.2) is 64.8 Å². The van der Waals surface area contributed by atoms with E-state index in [1.807, 2.05) is 0 Å². The van der Waals surface area contributed by atoms with Crippen molar-refractivity contribution in [1.29, 1.82) is 0 Å². The Balaban J connectivity index is 1.91. The molecular weight excluding hydrogens is 308 g/mol. The van der Waals surface area contributed by atoms with Crippen LogP contribution < -0.4 is 5.32 Å². The van der Waals surface area contributed by atoms with Crippen LogP contribution >= 0.6 is 0 Å². The van der Waals surface area contributed by atoms with Crippen LogP contribution in [0.25, 0.3) is 5.82 Å². The standard InChI is InChI=1S/C12H16N6O3S/c1-17(22(2,20)21)6-5-13-12(19)10-3-4-11(14-7-10)18-8-15-16-9-18/h3-4,7-9H,5-6H2,1-2H3,(H,13,19). The fourth-order valence-electron chi connectivity index (χ4n) is 1.59. The summed E-state index contributed by atoms with van der Waals surface area (Å²) in [4.78, 5) is 16.1. The minimum atomic E-state index is -3.24. The van der Waals surface area contributed by atoms with E-state index in [0.717, 1.165) is 6.26 Å². The maximum Gasteiger partial charge on any atom is 0.252 e. The molecule has 2 aromatic rings. The fraction of sp³-hybridized carbons (Fsp3) is 0.333. The van der Waals surface area contributed by atoms with Crippen molar-refractivity contribution < 1.29 is 13.2 Å². The molecule has 0 saturated carbocycles. The smallest absolute Gasteiger partial charge is 0.252 e. The van der Waals surface area contributed by atoms with Crippen molar-refractivity contribution in [1.82, 2.24) is 29.4 Å². The third-order valence-corrected chi connectivity index (χ3v) is 4.29. The number of pyridine rings is 1. The van der Waals surface area contributed by atoms with Crippen molar-refractivity contribution in [3.05, 3.63) is 36.5 Å². The lowest BCUT2D eigenvalue weighted by Crippen LogP contribution is -2.35. The van der Waals surface area contributed by atoms with Gasteiger partial charge in [0.15, 0.2) is 0 Å². The van der Waals surface area contributed by atoms with Crippen LogP contribution in [0.1, 0.15) is 10.4 Å². The van der Waals surface area contributed by atoms with Crippen molar-refractivity contribution in [2.45, 2.75) is 0 Å². The summed E-state index contributed by atoms with van der Waals surface area (Å²) < 4.78 is 25.2. The molecule has 0 aliphatic heterocycles. The van der Waals surface area contributed by atoms with Gasteiger partial charge in [0.1, 0.15) is 18.5 Å². The maximum absolute atomic E-state index is 11.9. The number of amides is 1. The Morgan fingerprint density at radius 3 is 2.55 bits per heavy atom. The molecule has 0 spiro atoms. The molecule has 0 atom stereocenters. The number of rotatable bonds is 6. The second-order valence-electron chi connectivity index (χ2n) is 4.61. The Hall–Kier alpha value is -2.33. The van der Waals surface area contributed by atoms with Crippen LogP contribution in [0, 0.1) is 0 Å². The number of aromatic nitrogens is 4. The largest absolute Gasteiger partial charge is 0.351 e. The van der Waals surface area contributed by atoms with Gasteiger partial charge >= 0.3 is 0 Å². The second-order valence-corrected chi connectivity index (χ2v) is 6.70. The summed E-state index contributed by atoms with van der Waals surface area (Å²) in [6.45, 7) is 0.423. The average molecular weight is 324 g/mol. The molecule has 9 nitrogen and oxygen atoms in total. The zero-order valence-electron chi connectivity index (χ0n) is 12.2. The number of hydrogen-bond acceptors (Lipinski definition) is 6. The molecule has 2 rings (SSSR count). The van der Waals surface area contributed by atoms with Crippen molar-refractivity contribution in [3.63, 3.8) is 0 Å². The van der Waals surface area contributed by atoms with Gasteiger partial charge in [-0.05, 0) is 12.1 Å². The van der Waals surface area contributed by atoms with Crippen molar-refractivity contribution in [3.8, 4) is 5.82 Å². The van der Waals surface area contributed by atoms with Gasteiger partial charge in [-0.15, -0.1) is 10.2 Å². The lowest BCUT2D eigenvalue weighted by Gasteiger charge is -2.14. The third-order valence-electron chi connectivity index (χ3n) is 2.97. The summed E-state index contributed by atoms with van der Waals surface area (Å²) in [5.41, 5.74) is 0.388. The van der Waals surface area contributed by atoms with Gasteiger partial charge in [0.25, 0.3) is 5.91 Å². The predicted octanol–water partition coefficient (Wildman–Crippen LogP) is -0.716. The molecule has 1 N–H and O–H groups in total. The number of carbonyl (C=O) groups excluding carboxylic acids is 1. The molecule has 118 valence electrons. The van der Waals surface area contributed by atoms with E-state index in [1.165, 1.54) is 30.2 Å². The van der Waals surface area contributed by atoms with Crippen LogP contribution in [0.4, 0.5) is 0 Å². The quantitative estimate of drug-likeness (QED) is 0.751. The normalized spacial score (nSPS) is 11.6. The number of hydrogen-bond donors (Lipinski definition) is 1. The molecule has 22 heavy (non-hydrogen) atoms. The van der Waals surface area contributed by atoms with Crippen LogP contribution in [0.3, 0.4) is 0 Å². The van der Waals surface area contributed by atoms with E-state index in [1.54, 1.807) is 16.7 Å². The number of sulfonamides is 1. The highest BCUT2D eigenvalue weighted by Gasteiger charge is 2.11. The van der Waals surface area contributed by atoms with Gasteiger partial charge in [-0.3, -0.25) is 9.36 Å². The van der Waals surface area contributed by atoms with E-state index in [0.29, 0.717) is 11.4 Å². The number of nitrogens with zero attached hydrogens (tertiary/aromatic N) is 5. The minimum absolute atomic E-state index is 0.205. The number of likely N-dealkylation sites (N-methyl/N-ethyl adjacent to an activating group) is 1. The molecule has 0 aliphatic rings. The maximum atomic E-state index is 11.9. The summed E-state index contributed by atoms with van der Waals surface area (Å²) in [5, 5.41) is 9.99. The zero-order valence-corrected chi connectivity index (χ0v) is 13.0. The Bertz CT molecular complexity index is 727. The van der Waals surface area contributed by atoms with Gasteiger partial charge in [0.05, 0.1) is 11.8 Å². The topological polar surface area (TPSA) is 110 Å². The molecule has 0 fully saturated rings. The molecule has 0 aromatic carbocycles.